The third kappa shape index (κ3) is 3.71. The standard InChI is InChI=1S/C16H28N2O/c1-11(14-3-2-8-17-10-14)9-15(19)18-16(12-4-5-12)13-6-7-13/h11-14,16-17H,2-10H2,1H3,(H,18,19). The van der Waals surface area contributed by atoms with Crippen LogP contribution in [0.4, 0.5) is 0 Å². The molecule has 108 valence electrons. The van der Waals surface area contributed by atoms with Crippen LogP contribution in [0.2, 0.25) is 0 Å². The van der Waals surface area contributed by atoms with Crippen molar-refractivity contribution in [2.24, 2.45) is 23.7 Å². The molecule has 0 spiro atoms. The van der Waals surface area contributed by atoms with Gasteiger partial charge < -0.3 is 10.6 Å². The van der Waals surface area contributed by atoms with E-state index in [0.717, 1.165) is 31.3 Å². The zero-order chi connectivity index (χ0) is 13.2. The summed E-state index contributed by atoms with van der Waals surface area (Å²) in [5.74, 6) is 3.14. The Labute approximate surface area is 116 Å². The summed E-state index contributed by atoms with van der Waals surface area (Å²) in [5, 5.41) is 6.81. The number of carbonyl (C=O) groups is 1. The summed E-state index contributed by atoms with van der Waals surface area (Å²) in [6.07, 6.45) is 8.63. The van der Waals surface area contributed by atoms with Crippen LogP contribution in [-0.2, 0) is 4.79 Å². The lowest BCUT2D eigenvalue weighted by atomic mass is 9.85. The number of hydrogen-bond acceptors (Lipinski definition) is 2. The molecule has 1 saturated heterocycles. The Morgan fingerprint density at radius 1 is 1.16 bits per heavy atom. The molecule has 2 atom stereocenters. The Morgan fingerprint density at radius 3 is 2.37 bits per heavy atom. The van der Waals surface area contributed by atoms with Crippen LogP contribution in [0.3, 0.4) is 0 Å². The molecule has 3 nitrogen and oxygen atoms in total. The lowest BCUT2D eigenvalue weighted by molar-refractivity contribution is -0.123. The van der Waals surface area contributed by atoms with Crippen LogP contribution in [0.5, 0.6) is 0 Å². The Morgan fingerprint density at radius 2 is 1.84 bits per heavy atom. The number of hydrogen-bond donors (Lipinski definition) is 2. The molecule has 0 bridgehead atoms. The van der Waals surface area contributed by atoms with Crippen LogP contribution < -0.4 is 10.6 Å². The van der Waals surface area contributed by atoms with Gasteiger partial charge in [-0.15, -0.1) is 0 Å². The van der Waals surface area contributed by atoms with E-state index in [1.54, 1.807) is 0 Å². The molecule has 2 aliphatic carbocycles. The van der Waals surface area contributed by atoms with Crippen molar-refractivity contribution in [3.05, 3.63) is 0 Å². The molecule has 0 aromatic heterocycles. The van der Waals surface area contributed by atoms with Crippen LogP contribution >= 0.6 is 0 Å². The molecule has 19 heavy (non-hydrogen) atoms. The SMILES string of the molecule is CC(CC(=O)NC(C1CC1)C1CC1)C1CCCNC1. The minimum Gasteiger partial charge on any atom is -0.353 e. The van der Waals surface area contributed by atoms with Gasteiger partial charge in [0.05, 0.1) is 0 Å². The Hall–Kier alpha value is -0.570. The van der Waals surface area contributed by atoms with Crippen molar-refractivity contribution in [3.8, 4) is 0 Å². The van der Waals surface area contributed by atoms with Gasteiger partial charge in [-0.2, -0.15) is 0 Å². The van der Waals surface area contributed by atoms with Gasteiger partial charge in [0.1, 0.15) is 0 Å². The highest BCUT2D eigenvalue weighted by atomic mass is 16.1. The van der Waals surface area contributed by atoms with Crippen molar-refractivity contribution in [3.63, 3.8) is 0 Å². The first-order valence-electron chi connectivity index (χ1n) is 8.24. The maximum Gasteiger partial charge on any atom is 0.220 e. The molecule has 3 aliphatic rings. The summed E-state index contributed by atoms with van der Waals surface area (Å²) >= 11 is 0. The van der Waals surface area contributed by atoms with Crippen LogP contribution in [0.1, 0.15) is 51.9 Å². The maximum atomic E-state index is 12.2. The fourth-order valence-corrected chi connectivity index (χ4v) is 3.60. The fourth-order valence-electron chi connectivity index (χ4n) is 3.60. The minimum absolute atomic E-state index is 0.307. The van der Waals surface area contributed by atoms with E-state index in [1.165, 1.54) is 38.5 Å². The van der Waals surface area contributed by atoms with Crippen LogP contribution in [-0.4, -0.2) is 25.0 Å². The van der Waals surface area contributed by atoms with E-state index in [-0.39, 0.29) is 0 Å². The Kier molecular flexibility index (Phi) is 4.11. The summed E-state index contributed by atoms with van der Waals surface area (Å²) in [6, 6.07) is 0.518. The third-order valence-corrected chi connectivity index (χ3v) is 5.23. The molecule has 2 N–H and O–H groups in total. The highest BCUT2D eigenvalue weighted by Gasteiger charge is 2.42. The van der Waals surface area contributed by atoms with Gasteiger partial charge in [-0.05, 0) is 75.3 Å². The topological polar surface area (TPSA) is 41.1 Å². The van der Waals surface area contributed by atoms with Crippen LogP contribution in [0.25, 0.3) is 0 Å². The molecule has 3 rings (SSSR count). The second kappa shape index (κ2) is 5.82. The monoisotopic (exact) mass is 264 g/mol. The van der Waals surface area contributed by atoms with Gasteiger partial charge in [0.15, 0.2) is 0 Å². The first-order chi connectivity index (χ1) is 9.24. The zero-order valence-corrected chi connectivity index (χ0v) is 12.2. The van der Waals surface area contributed by atoms with Crippen molar-refractivity contribution < 1.29 is 4.79 Å². The first kappa shape index (κ1) is 13.4. The second-order valence-electron chi connectivity index (χ2n) is 7.06. The number of nitrogens with one attached hydrogen (secondary N) is 2. The van der Waals surface area contributed by atoms with Crippen molar-refractivity contribution in [1.82, 2.24) is 10.6 Å². The highest BCUT2D eigenvalue weighted by molar-refractivity contribution is 5.76. The van der Waals surface area contributed by atoms with Gasteiger partial charge in [0.25, 0.3) is 0 Å². The fraction of sp³-hybridized carbons (Fsp3) is 0.938. The van der Waals surface area contributed by atoms with Crippen molar-refractivity contribution >= 4 is 5.91 Å². The summed E-state index contributed by atoms with van der Waals surface area (Å²) in [7, 11) is 0. The molecule has 0 aromatic rings. The smallest absolute Gasteiger partial charge is 0.220 e. The molecule has 2 unspecified atom stereocenters. The van der Waals surface area contributed by atoms with E-state index in [4.69, 9.17) is 0 Å². The Bertz CT molecular complexity index is 305. The van der Waals surface area contributed by atoms with Gasteiger partial charge in [-0.1, -0.05) is 6.92 Å². The number of carbonyl (C=O) groups excluding carboxylic acids is 1. The van der Waals surface area contributed by atoms with Crippen molar-refractivity contribution in [1.29, 1.82) is 0 Å². The number of piperidine rings is 1. The summed E-state index contributed by atoms with van der Waals surface area (Å²) in [5.41, 5.74) is 0. The molecule has 3 fully saturated rings. The summed E-state index contributed by atoms with van der Waals surface area (Å²) < 4.78 is 0. The van der Waals surface area contributed by atoms with Crippen molar-refractivity contribution in [2.45, 2.75) is 57.9 Å². The quantitative estimate of drug-likeness (QED) is 0.773. The van der Waals surface area contributed by atoms with Gasteiger partial charge in [0, 0.05) is 12.5 Å². The average molecular weight is 264 g/mol. The van der Waals surface area contributed by atoms with Gasteiger partial charge in [-0.25, -0.2) is 0 Å². The average Bonchev–Trinajstić information content (AvgIpc) is 3.30. The van der Waals surface area contributed by atoms with E-state index in [1.807, 2.05) is 0 Å². The van der Waals surface area contributed by atoms with Crippen molar-refractivity contribution in [2.75, 3.05) is 13.1 Å². The highest BCUT2D eigenvalue weighted by Crippen LogP contribution is 2.44. The van der Waals surface area contributed by atoms with E-state index in [2.05, 4.69) is 17.6 Å². The van der Waals surface area contributed by atoms with E-state index in [0.29, 0.717) is 23.8 Å². The Balaban J connectivity index is 1.44. The molecular weight excluding hydrogens is 236 g/mol. The third-order valence-electron chi connectivity index (χ3n) is 5.23. The van der Waals surface area contributed by atoms with E-state index in [9.17, 15) is 4.79 Å². The van der Waals surface area contributed by atoms with E-state index >= 15 is 0 Å². The predicted molar refractivity (Wildman–Crippen MR) is 76.8 cm³/mol. The molecule has 0 radical (unpaired) electrons. The number of amides is 1. The summed E-state index contributed by atoms with van der Waals surface area (Å²) in [4.78, 5) is 12.2. The van der Waals surface area contributed by atoms with Gasteiger partial charge >= 0.3 is 0 Å². The van der Waals surface area contributed by atoms with Crippen LogP contribution in [0, 0.1) is 23.7 Å². The molecule has 3 heteroatoms. The molecule has 1 aliphatic heterocycles. The molecule has 1 heterocycles. The normalized spacial score (nSPS) is 29.3. The zero-order valence-electron chi connectivity index (χ0n) is 12.2. The first-order valence-corrected chi connectivity index (χ1v) is 8.24. The lowest BCUT2D eigenvalue weighted by Gasteiger charge is -2.28. The predicted octanol–water partition coefficient (Wildman–Crippen LogP) is 2.32. The molecule has 0 aromatic carbocycles. The molecule has 2 saturated carbocycles. The van der Waals surface area contributed by atoms with E-state index < -0.39 is 0 Å². The van der Waals surface area contributed by atoms with Gasteiger partial charge in [-0.3, -0.25) is 4.79 Å². The largest absolute Gasteiger partial charge is 0.353 e. The van der Waals surface area contributed by atoms with Gasteiger partial charge in [0.2, 0.25) is 5.91 Å². The number of rotatable bonds is 6. The van der Waals surface area contributed by atoms with Crippen LogP contribution in [0.15, 0.2) is 0 Å². The summed E-state index contributed by atoms with van der Waals surface area (Å²) in [6.45, 7) is 4.50. The second-order valence-corrected chi connectivity index (χ2v) is 7.06. The lowest BCUT2D eigenvalue weighted by Crippen LogP contribution is -2.40. The molecule has 1 amide bonds. The minimum atomic E-state index is 0.307. The maximum absolute atomic E-state index is 12.2. The molecular formula is C16H28N2O.